The van der Waals surface area contributed by atoms with Crippen LogP contribution in [0.15, 0.2) is 42.5 Å². The molecule has 0 atom stereocenters. The standard InChI is InChI=1S/C18H18N2O2S/c1-3-13-7-5-8-14(10-13)22-11-16(21)19-18-20-17-12(2)6-4-9-15(17)23-18/h4-10H,3,11H2,1-2H3,(H,19,20,21). The highest BCUT2D eigenvalue weighted by atomic mass is 32.1. The van der Waals surface area contributed by atoms with Gasteiger partial charge in [-0.05, 0) is 42.7 Å². The van der Waals surface area contributed by atoms with Crippen LogP contribution in [0.4, 0.5) is 5.13 Å². The number of para-hydroxylation sites is 1. The lowest BCUT2D eigenvalue weighted by atomic mass is 10.2. The van der Waals surface area contributed by atoms with Crippen molar-refractivity contribution in [3.8, 4) is 5.75 Å². The zero-order chi connectivity index (χ0) is 16.2. The number of hydrogen-bond donors (Lipinski definition) is 1. The SMILES string of the molecule is CCc1cccc(OCC(=O)Nc2nc3c(C)cccc3s2)c1. The van der Waals surface area contributed by atoms with Crippen LogP contribution in [0.25, 0.3) is 10.2 Å². The molecule has 1 amide bonds. The summed E-state index contributed by atoms with van der Waals surface area (Å²) < 4.78 is 6.61. The van der Waals surface area contributed by atoms with Gasteiger partial charge in [0.15, 0.2) is 11.7 Å². The molecule has 0 fully saturated rings. The Morgan fingerprint density at radius 1 is 1.26 bits per heavy atom. The first-order valence-corrected chi connectivity index (χ1v) is 8.35. The van der Waals surface area contributed by atoms with Crippen LogP contribution in [0.1, 0.15) is 18.1 Å². The highest BCUT2D eigenvalue weighted by Gasteiger charge is 2.09. The number of amides is 1. The van der Waals surface area contributed by atoms with Crippen molar-refractivity contribution in [3.63, 3.8) is 0 Å². The summed E-state index contributed by atoms with van der Waals surface area (Å²) in [4.78, 5) is 16.5. The molecule has 0 saturated carbocycles. The lowest BCUT2D eigenvalue weighted by Gasteiger charge is -2.07. The first kappa shape index (κ1) is 15.5. The van der Waals surface area contributed by atoms with Crippen molar-refractivity contribution in [1.29, 1.82) is 0 Å². The molecule has 1 N–H and O–H groups in total. The molecular weight excluding hydrogens is 308 g/mol. The summed E-state index contributed by atoms with van der Waals surface area (Å²) in [6.07, 6.45) is 0.939. The minimum absolute atomic E-state index is 0.0257. The Hall–Kier alpha value is -2.40. The quantitative estimate of drug-likeness (QED) is 0.765. The molecule has 1 heterocycles. The maximum Gasteiger partial charge on any atom is 0.264 e. The molecule has 1 aromatic heterocycles. The van der Waals surface area contributed by atoms with Crippen molar-refractivity contribution in [2.24, 2.45) is 0 Å². The van der Waals surface area contributed by atoms with Crippen molar-refractivity contribution >= 4 is 32.6 Å². The number of carbonyl (C=O) groups is 1. The van der Waals surface area contributed by atoms with Crippen LogP contribution in [0.5, 0.6) is 5.75 Å². The number of aryl methyl sites for hydroxylation is 2. The Kier molecular flexibility index (Phi) is 4.57. The number of hydrogen-bond acceptors (Lipinski definition) is 4. The molecule has 118 valence electrons. The zero-order valence-electron chi connectivity index (χ0n) is 13.1. The van der Waals surface area contributed by atoms with E-state index in [1.54, 1.807) is 0 Å². The third kappa shape index (κ3) is 3.68. The molecule has 0 saturated heterocycles. The van der Waals surface area contributed by atoms with Crippen molar-refractivity contribution < 1.29 is 9.53 Å². The van der Waals surface area contributed by atoms with Crippen LogP contribution in [0, 0.1) is 6.92 Å². The Labute approximate surface area is 139 Å². The fraction of sp³-hybridized carbons (Fsp3) is 0.222. The highest BCUT2D eigenvalue weighted by molar-refractivity contribution is 7.22. The van der Waals surface area contributed by atoms with Gasteiger partial charge in [-0.2, -0.15) is 0 Å². The summed E-state index contributed by atoms with van der Waals surface area (Å²) in [5.74, 6) is 0.503. The summed E-state index contributed by atoms with van der Waals surface area (Å²) in [7, 11) is 0. The fourth-order valence-corrected chi connectivity index (χ4v) is 3.26. The van der Waals surface area contributed by atoms with Crippen molar-refractivity contribution in [2.45, 2.75) is 20.3 Å². The molecule has 0 bridgehead atoms. The number of benzene rings is 2. The van der Waals surface area contributed by atoms with E-state index >= 15 is 0 Å². The van der Waals surface area contributed by atoms with Crippen molar-refractivity contribution in [3.05, 3.63) is 53.6 Å². The number of anilines is 1. The van der Waals surface area contributed by atoms with E-state index < -0.39 is 0 Å². The maximum atomic E-state index is 12.0. The summed E-state index contributed by atoms with van der Waals surface area (Å²) >= 11 is 1.47. The van der Waals surface area contributed by atoms with Crippen LogP contribution in [-0.4, -0.2) is 17.5 Å². The largest absolute Gasteiger partial charge is 0.484 e. The van der Waals surface area contributed by atoms with Gasteiger partial charge < -0.3 is 4.74 Å². The van der Waals surface area contributed by atoms with E-state index in [-0.39, 0.29) is 12.5 Å². The van der Waals surface area contributed by atoms with Gasteiger partial charge >= 0.3 is 0 Å². The predicted molar refractivity (Wildman–Crippen MR) is 94.3 cm³/mol. The molecule has 4 nitrogen and oxygen atoms in total. The van der Waals surface area contributed by atoms with Gasteiger partial charge in [-0.3, -0.25) is 10.1 Å². The van der Waals surface area contributed by atoms with Crippen LogP contribution in [0.3, 0.4) is 0 Å². The molecule has 3 aromatic rings. The van der Waals surface area contributed by atoms with E-state index in [0.29, 0.717) is 10.9 Å². The highest BCUT2D eigenvalue weighted by Crippen LogP contribution is 2.27. The third-order valence-electron chi connectivity index (χ3n) is 3.54. The molecular formula is C18H18N2O2S. The first-order valence-electron chi connectivity index (χ1n) is 7.53. The number of carbonyl (C=O) groups excluding carboxylic acids is 1. The van der Waals surface area contributed by atoms with Gasteiger partial charge in [0.25, 0.3) is 5.91 Å². The molecule has 0 radical (unpaired) electrons. The Morgan fingerprint density at radius 3 is 2.87 bits per heavy atom. The summed E-state index contributed by atoms with van der Waals surface area (Å²) in [6.45, 7) is 4.07. The van der Waals surface area contributed by atoms with Gasteiger partial charge in [-0.1, -0.05) is 42.5 Å². The zero-order valence-corrected chi connectivity index (χ0v) is 13.9. The monoisotopic (exact) mass is 326 g/mol. The van der Waals surface area contributed by atoms with Crippen LogP contribution < -0.4 is 10.1 Å². The van der Waals surface area contributed by atoms with Gasteiger partial charge in [0, 0.05) is 0 Å². The van der Waals surface area contributed by atoms with Crippen LogP contribution in [-0.2, 0) is 11.2 Å². The predicted octanol–water partition coefficient (Wildman–Crippen LogP) is 4.18. The van der Waals surface area contributed by atoms with Gasteiger partial charge in [0.05, 0.1) is 10.2 Å². The average molecular weight is 326 g/mol. The number of thiazole rings is 1. The molecule has 2 aromatic carbocycles. The van der Waals surface area contributed by atoms with Gasteiger partial charge in [-0.25, -0.2) is 4.98 Å². The van der Waals surface area contributed by atoms with E-state index in [1.165, 1.54) is 16.9 Å². The van der Waals surface area contributed by atoms with E-state index in [1.807, 2.05) is 49.4 Å². The molecule has 0 unspecified atom stereocenters. The number of rotatable bonds is 5. The number of aromatic nitrogens is 1. The van der Waals surface area contributed by atoms with Gasteiger partial charge in [0.1, 0.15) is 5.75 Å². The van der Waals surface area contributed by atoms with Crippen LogP contribution in [0.2, 0.25) is 0 Å². The Bertz CT molecular complexity index is 842. The molecule has 0 aliphatic carbocycles. The molecule has 0 aliphatic rings. The van der Waals surface area contributed by atoms with Crippen molar-refractivity contribution in [2.75, 3.05) is 11.9 Å². The van der Waals surface area contributed by atoms with E-state index in [9.17, 15) is 4.79 Å². The second kappa shape index (κ2) is 6.79. The summed E-state index contributed by atoms with van der Waals surface area (Å²) in [5, 5.41) is 3.40. The fourth-order valence-electron chi connectivity index (χ4n) is 2.30. The normalized spacial score (nSPS) is 10.7. The summed E-state index contributed by atoms with van der Waals surface area (Å²) in [5.41, 5.74) is 3.22. The van der Waals surface area contributed by atoms with Gasteiger partial charge in [-0.15, -0.1) is 0 Å². The minimum Gasteiger partial charge on any atom is -0.484 e. The number of ether oxygens (including phenoxy) is 1. The molecule has 3 rings (SSSR count). The van der Waals surface area contributed by atoms with Crippen LogP contribution >= 0.6 is 11.3 Å². The Balaban J connectivity index is 1.63. The lowest BCUT2D eigenvalue weighted by molar-refractivity contribution is -0.118. The maximum absolute atomic E-state index is 12.0. The smallest absolute Gasteiger partial charge is 0.264 e. The third-order valence-corrected chi connectivity index (χ3v) is 4.48. The van der Waals surface area contributed by atoms with Crippen molar-refractivity contribution in [1.82, 2.24) is 4.98 Å². The number of nitrogens with one attached hydrogen (secondary N) is 1. The van der Waals surface area contributed by atoms with E-state index in [0.717, 1.165) is 22.2 Å². The molecule has 0 aliphatic heterocycles. The molecule has 23 heavy (non-hydrogen) atoms. The lowest BCUT2D eigenvalue weighted by Crippen LogP contribution is -2.20. The average Bonchev–Trinajstić information content (AvgIpc) is 2.97. The topological polar surface area (TPSA) is 51.2 Å². The van der Waals surface area contributed by atoms with E-state index in [2.05, 4.69) is 17.2 Å². The minimum atomic E-state index is -0.205. The van der Waals surface area contributed by atoms with E-state index in [4.69, 9.17) is 4.74 Å². The number of nitrogens with zero attached hydrogens (tertiary/aromatic N) is 1. The first-order chi connectivity index (χ1) is 11.2. The second-order valence-electron chi connectivity index (χ2n) is 5.28. The second-order valence-corrected chi connectivity index (χ2v) is 6.31. The number of fused-ring (bicyclic) bond motifs is 1. The van der Waals surface area contributed by atoms with Gasteiger partial charge in [0.2, 0.25) is 0 Å². The molecule has 5 heteroatoms. The summed E-state index contributed by atoms with van der Waals surface area (Å²) in [6, 6.07) is 13.8. The Morgan fingerprint density at radius 2 is 2.09 bits per heavy atom. The molecule has 0 spiro atoms.